The number of esters is 1. The first-order valence-corrected chi connectivity index (χ1v) is 9.17. The molecule has 1 heterocycles. The van der Waals surface area contributed by atoms with E-state index in [4.69, 9.17) is 9.47 Å². The van der Waals surface area contributed by atoms with Gasteiger partial charge in [-0.3, -0.25) is 9.59 Å². The van der Waals surface area contributed by atoms with Crippen LogP contribution >= 0.6 is 0 Å². The molecule has 5 heteroatoms. The third-order valence-corrected chi connectivity index (χ3v) is 5.32. The summed E-state index contributed by atoms with van der Waals surface area (Å²) in [6.45, 7) is 2.95. The van der Waals surface area contributed by atoms with E-state index in [2.05, 4.69) is 0 Å². The summed E-state index contributed by atoms with van der Waals surface area (Å²) >= 11 is 0. The molecule has 0 saturated carbocycles. The number of aryl methyl sites for hydroxylation is 1. The van der Waals surface area contributed by atoms with Gasteiger partial charge in [-0.25, -0.2) is 0 Å². The number of carbonyl (C=O) groups is 2. The van der Waals surface area contributed by atoms with E-state index in [1.165, 1.54) is 7.11 Å². The SMILES string of the molecule is COC(=O)C1(c2ccccc2)CCN(C(=O)COc2ccccc2C)CC1. The zero-order valence-corrected chi connectivity index (χ0v) is 15.8. The lowest BCUT2D eigenvalue weighted by Gasteiger charge is -2.40. The van der Waals surface area contributed by atoms with E-state index in [1.54, 1.807) is 4.90 Å². The zero-order valence-electron chi connectivity index (χ0n) is 15.8. The standard InChI is InChI=1S/C22H25NO4/c1-17-8-6-7-11-19(17)27-16-20(24)23-14-12-22(13-15-23,21(25)26-2)18-9-4-3-5-10-18/h3-11H,12-16H2,1-2H3. The van der Waals surface area contributed by atoms with Crippen LogP contribution in [-0.4, -0.2) is 43.6 Å². The Morgan fingerprint density at radius 1 is 1.00 bits per heavy atom. The molecule has 1 fully saturated rings. The Labute approximate surface area is 159 Å². The fourth-order valence-electron chi connectivity index (χ4n) is 3.65. The van der Waals surface area contributed by atoms with Crippen molar-refractivity contribution in [3.05, 3.63) is 65.7 Å². The lowest BCUT2D eigenvalue weighted by molar-refractivity contribution is -0.151. The van der Waals surface area contributed by atoms with Crippen molar-refractivity contribution >= 4 is 11.9 Å². The highest BCUT2D eigenvalue weighted by atomic mass is 16.5. The molecule has 0 atom stereocenters. The molecule has 0 N–H and O–H groups in total. The van der Waals surface area contributed by atoms with E-state index < -0.39 is 5.41 Å². The molecule has 0 spiro atoms. The molecule has 1 saturated heterocycles. The second kappa shape index (κ2) is 8.25. The normalized spacial score (nSPS) is 15.9. The van der Waals surface area contributed by atoms with E-state index in [0.29, 0.717) is 25.9 Å². The van der Waals surface area contributed by atoms with Crippen LogP contribution in [0.15, 0.2) is 54.6 Å². The topological polar surface area (TPSA) is 55.8 Å². The largest absolute Gasteiger partial charge is 0.484 e. The molecular weight excluding hydrogens is 342 g/mol. The lowest BCUT2D eigenvalue weighted by atomic mass is 9.72. The van der Waals surface area contributed by atoms with Crippen molar-refractivity contribution in [2.75, 3.05) is 26.8 Å². The van der Waals surface area contributed by atoms with Gasteiger partial charge in [-0.2, -0.15) is 0 Å². The second-order valence-corrected chi connectivity index (χ2v) is 6.87. The summed E-state index contributed by atoms with van der Waals surface area (Å²) in [5.41, 5.74) is 1.25. The number of para-hydroxylation sites is 1. The Morgan fingerprint density at radius 3 is 2.26 bits per heavy atom. The van der Waals surface area contributed by atoms with Gasteiger partial charge in [-0.05, 0) is 37.0 Å². The maximum Gasteiger partial charge on any atom is 0.316 e. The van der Waals surface area contributed by atoms with Gasteiger partial charge in [0.25, 0.3) is 5.91 Å². The van der Waals surface area contributed by atoms with Gasteiger partial charge in [0.2, 0.25) is 0 Å². The highest BCUT2D eigenvalue weighted by molar-refractivity contribution is 5.84. The van der Waals surface area contributed by atoms with Crippen molar-refractivity contribution in [2.45, 2.75) is 25.2 Å². The van der Waals surface area contributed by atoms with Crippen LogP contribution in [0, 0.1) is 6.92 Å². The van der Waals surface area contributed by atoms with E-state index in [1.807, 2.05) is 61.5 Å². The van der Waals surface area contributed by atoms with Gasteiger partial charge in [0.05, 0.1) is 12.5 Å². The molecule has 0 aliphatic carbocycles. The van der Waals surface area contributed by atoms with Crippen LogP contribution in [0.1, 0.15) is 24.0 Å². The molecule has 27 heavy (non-hydrogen) atoms. The van der Waals surface area contributed by atoms with E-state index >= 15 is 0 Å². The third-order valence-electron chi connectivity index (χ3n) is 5.32. The van der Waals surface area contributed by atoms with Gasteiger partial charge in [0, 0.05) is 13.1 Å². The van der Waals surface area contributed by atoms with Crippen molar-refractivity contribution in [3.8, 4) is 5.75 Å². The molecule has 1 aliphatic heterocycles. The Bertz CT molecular complexity index is 795. The molecular formula is C22H25NO4. The van der Waals surface area contributed by atoms with E-state index in [-0.39, 0.29) is 18.5 Å². The summed E-state index contributed by atoms with van der Waals surface area (Å²) in [7, 11) is 1.42. The van der Waals surface area contributed by atoms with Gasteiger partial charge in [-0.1, -0.05) is 48.5 Å². The van der Waals surface area contributed by atoms with Crippen molar-refractivity contribution in [1.29, 1.82) is 0 Å². The average molecular weight is 367 g/mol. The monoisotopic (exact) mass is 367 g/mol. The van der Waals surface area contributed by atoms with Crippen molar-refractivity contribution in [2.24, 2.45) is 0 Å². The molecule has 1 amide bonds. The number of likely N-dealkylation sites (tertiary alicyclic amines) is 1. The van der Waals surface area contributed by atoms with Crippen molar-refractivity contribution < 1.29 is 19.1 Å². The first kappa shape index (κ1) is 19.0. The Balaban J connectivity index is 1.65. The summed E-state index contributed by atoms with van der Waals surface area (Å²) in [5, 5.41) is 0. The number of ether oxygens (including phenoxy) is 2. The first-order valence-electron chi connectivity index (χ1n) is 9.17. The minimum Gasteiger partial charge on any atom is -0.484 e. The van der Waals surface area contributed by atoms with Crippen LogP contribution < -0.4 is 4.74 Å². The summed E-state index contributed by atoms with van der Waals surface area (Å²) in [5.74, 6) is 0.415. The van der Waals surface area contributed by atoms with Crippen LogP contribution in [0.2, 0.25) is 0 Å². The molecule has 2 aromatic carbocycles. The molecule has 5 nitrogen and oxygen atoms in total. The molecule has 142 valence electrons. The molecule has 0 radical (unpaired) electrons. The van der Waals surface area contributed by atoms with Crippen LogP contribution in [-0.2, 0) is 19.7 Å². The number of benzene rings is 2. The summed E-state index contributed by atoms with van der Waals surface area (Å²) < 4.78 is 10.8. The molecule has 0 bridgehead atoms. The third kappa shape index (κ3) is 3.97. The fraction of sp³-hybridized carbons (Fsp3) is 0.364. The minimum absolute atomic E-state index is 0.00140. The van der Waals surface area contributed by atoms with Crippen LogP contribution in [0.4, 0.5) is 0 Å². The number of methoxy groups -OCH3 is 1. The molecule has 0 aromatic heterocycles. The van der Waals surface area contributed by atoms with Gasteiger partial charge < -0.3 is 14.4 Å². The molecule has 0 unspecified atom stereocenters. The average Bonchev–Trinajstić information content (AvgIpc) is 2.73. The smallest absolute Gasteiger partial charge is 0.316 e. The zero-order chi connectivity index (χ0) is 19.3. The number of carbonyl (C=O) groups excluding carboxylic acids is 2. The van der Waals surface area contributed by atoms with Gasteiger partial charge in [0.1, 0.15) is 5.75 Å². The van der Waals surface area contributed by atoms with Gasteiger partial charge >= 0.3 is 5.97 Å². The van der Waals surface area contributed by atoms with Crippen LogP contribution in [0.3, 0.4) is 0 Å². The second-order valence-electron chi connectivity index (χ2n) is 6.87. The first-order chi connectivity index (χ1) is 13.1. The highest BCUT2D eigenvalue weighted by Crippen LogP contribution is 2.36. The maximum absolute atomic E-state index is 12.6. The van der Waals surface area contributed by atoms with Crippen molar-refractivity contribution in [1.82, 2.24) is 4.90 Å². The number of piperidine rings is 1. The number of nitrogens with zero attached hydrogens (tertiary/aromatic N) is 1. The molecule has 1 aliphatic rings. The number of hydrogen-bond acceptors (Lipinski definition) is 4. The van der Waals surface area contributed by atoms with Crippen LogP contribution in [0.5, 0.6) is 5.75 Å². The Hall–Kier alpha value is -2.82. The predicted molar refractivity (Wildman–Crippen MR) is 103 cm³/mol. The highest BCUT2D eigenvalue weighted by Gasteiger charge is 2.44. The fourth-order valence-corrected chi connectivity index (χ4v) is 3.65. The molecule has 3 rings (SSSR count). The van der Waals surface area contributed by atoms with E-state index in [0.717, 1.165) is 16.9 Å². The van der Waals surface area contributed by atoms with Crippen LogP contribution in [0.25, 0.3) is 0 Å². The predicted octanol–water partition coefficient (Wildman–Crippen LogP) is 3.11. The maximum atomic E-state index is 12.6. The van der Waals surface area contributed by atoms with Crippen molar-refractivity contribution in [3.63, 3.8) is 0 Å². The minimum atomic E-state index is -0.691. The summed E-state index contributed by atoms with van der Waals surface area (Å²) in [6.07, 6.45) is 1.08. The lowest BCUT2D eigenvalue weighted by Crippen LogP contribution is -2.50. The Morgan fingerprint density at radius 2 is 1.63 bits per heavy atom. The quantitative estimate of drug-likeness (QED) is 0.762. The Kier molecular flexibility index (Phi) is 5.79. The molecule has 2 aromatic rings. The number of rotatable bonds is 5. The summed E-state index contributed by atoms with van der Waals surface area (Å²) in [6, 6.07) is 17.3. The number of hydrogen-bond donors (Lipinski definition) is 0. The van der Waals surface area contributed by atoms with Gasteiger partial charge in [0.15, 0.2) is 6.61 Å². The van der Waals surface area contributed by atoms with Gasteiger partial charge in [-0.15, -0.1) is 0 Å². The van der Waals surface area contributed by atoms with E-state index in [9.17, 15) is 9.59 Å². The number of amides is 1. The summed E-state index contributed by atoms with van der Waals surface area (Å²) in [4.78, 5) is 26.9.